The average Bonchev–Trinajstić information content (AvgIpc) is 2.96. The molecular formula is C22H25N3. The minimum Gasteiger partial charge on any atom is -0.314 e. The molecule has 1 saturated carbocycles. The van der Waals surface area contributed by atoms with Crippen molar-refractivity contribution in [2.75, 3.05) is 0 Å². The van der Waals surface area contributed by atoms with Gasteiger partial charge in [-0.25, -0.2) is 0 Å². The first kappa shape index (κ1) is 15.1. The zero-order chi connectivity index (χ0) is 16.7. The first-order valence-electron chi connectivity index (χ1n) is 9.79. The number of benzene rings is 2. The van der Waals surface area contributed by atoms with E-state index >= 15 is 0 Å². The van der Waals surface area contributed by atoms with Crippen LogP contribution in [-0.2, 0) is 18.4 Å². The van der Waals surface area contributed by atoms with Crippen LogP contribution in [0.3, 0.4) is 0 Å². The van der Waals surface area contributed by atoms with Gasteiger partial charge >= 0.3 is 0 Å². The summed E-state index contributed by atoms with van der Waals surface area (Å²) in [6.45, 7) is 1.09. The van der Waals surface area contributed by atoms with E-state index < -0.39 is 0 Å². The number of aromatic nitrogens is 3. The number of hydrogen-bond donors (Lipinski definition) is 0. The molecule has 0 saturated heterocycles. The molecule has 2 aliphatic rings. The summed E-state index contributed by atoms with van der Waals surface area (Å²) in [5, 5.41) is 12.0. The second kappa shape index (κ2) is 5.98. The Bertz CT molecular complexity index is 905. The highest BCUT2D eigenvalue weighted by Crippen LogP contribution is 2.49. The van der Waals surface area contributed by atoms with Crippen molar-refractivity contribution < 1.29 is 0 Å². The molecule has 1 aromatic heterocycles. The van der Waals surface area contributed by atoms with Crippen LogP contribution < -0.4 is 0 Å². The zero-order valence-corrected chi connectivity index (χ0v) is 14.7. The number of rotatable bonds is 2. The molecule has 0 atom stereocenters. The highest BCUT2D eigenvalue weighted by molar-refractivity contribution is 5.83. The van der Waals surface area contributed by atoms with E-state index in [1.807, 2.05) is 0 Å². The molecule has 5 rings (SSSR count). The van der Waals surface area contributed by atoms with Crippen LogP contribution in [0, 0.1) is 0 Å². The summed E-state index contributed by atoms with van der Waals surface area (Å²) >= 11 is 0. The minimum atomic E-state index is 0.0779. The van der Waals surface area contributed by atoms with Gasteiger partial charge in [0.25, 0.3) is 0 Å². The van der Waals surface area contributed by atoms with Gasteiger partial charge in [0.05, 0.1) is 5.41 Å². The van der Waals surface area contributed by atoms with Crippen LogP contribution >= 0.6 is 0 Å². The maximum Gasteiger partial charge on any atom is 0.143 e. The van der Waals surface area contributed by atoms with Gasteiger partial charge in [-0.05, 0) is 42.0 Å². The largest absolute Gasteiger partial charge is 0.314 e. The lowest BCUT2D eigenvalue weighted by Crippen LogP contribution is -2.38. The molecule has 0 amide bonds. The van der Waals surface area contributed by atoms with Gasteiger partial charge in [0.15, 0.2) is 0 Å². The van der Waals surface area contributed by atoms with Crippen molar-refractivity contribution in [1.29, 1.82) is 0 Å². The summed E-state index contributed by atoms with van der Waals surface area (Å²) in [7, 11) is 0. The van der Waals surface area contributed by atoms with E-state index in [4.69, 9.17) is 5.10 Å². The van der Waals surface area contributed by atoms with E-state index in [1.54, 1.807) is 0 Å². The second-order valence-corrected chi connectivity index (χ2v) is 7.75. The summed E-state index contributed by atoms with van der Waals surface area (Å²) in [5.74, 6) is 2.44. The van der Waals surface area contributed by atoms with E-state index in [-0.39, 0.29) is 5.41 Å². The third-order valence-electron chi connectivity index (χ3n) is 6.30. The fourth-order valence-electron chi connectivity index (χ4n) is 4.67. The normalized spacial score (nSPS) is 19.7. The summed E-state index contributed by atoms with van der Waals surface area (Å²) in [6, 6.07) is 15.6. The standard InChI is InChI=1S/C22H25N3/c1-2-6-15-25-20(10-3-1)23-24-21(25)22(13-7-14-22)19-12-11-17-8-4-5-9-18(17)16-19/h4-5,8-9,11-12,16H,1-3,6-7,10,13-15H2. The number of hydrogen-bond acceptors (Lipinski definition) is 2. The van der Waals surface area contributed by atoms with Crippen LogP contribution in [-0.4, -0.2) is 14.8 Å². The van der Waals surface area contributed by atoms with Crippen LogP contribution in [0.1, 0.15) is 62.2 Å². The maximum absolute atomic E-state index is 4.74. The fraction of sp³-hybridized carbons (Fsp3) is 0.455. The van der Waals surface area contributed by atoms with Gasteiger partial charge in [0.2, 0.25) is 0 Å². The lowest BCUT2D eigenvalue weighted by molar-refractivity contribution is 0.272. The Hall–Kier alpha value is -2.16. The van der Waals surface area contributed by atoms with Crippen LogP contribution in [0.2, 0.25) is 0 Å². The summed E-state index contributed by atoms with van der Waals surface area (Å²) in [6.07, 6.45) is 9.94. The van der Waals surface area contributed by atoms with E-state index in [0.29, 0.717) is 0 Å². The van der Waals surface area contributed by atoms with Crippen molar-refractivity contribution in [3.63, 3.8) is 0 Å². The van der Waals surface area contributed by atoms with Crippen molar-refractivity contribution in [2.24, 2.45) is 0 Å². The molecule has 3 heteroatoms. The van der Waals surface area contributed by atoms with E-state index in [9.17, 15) is 0 Å². The van der Waals surface area contributed by atoms with Crippen molar-refractivity contribution in [3.05, 3.63) is 59.7 Å². The van der Waals surface area contributed by atoms with Gasteiger partial charge in [-0.1, -0.05) is 61.7 Å². The first-order chi connectivity index (χ1) is 12.4. The zero-order valence-electron chi connectivity index (χ0n) is 14.7. The number of nitrogens with zero attached hydrogens (tertiary/aromatic N) is 3. The molecule has 128 valence electrons. The molecule has 1 aliphatic heterocycles. The molecule has 0 bridgehead atoms. The predicted octanol–water partition coefficient (Wildman–Crippen LogP) is 5.02. The quantitative estimate of drug-likeness (QED) is 0.660. The predicted molar refractivity (Wildman–Crippen MR) is 101 cm³/mol. The Morgan fingerprint density at radius 2 is 1.64 bits per heavy atom. The van der Waals surface area contributed by atoms with Gasteiger partial charge in [0, 0.05) is 13.0 Å². The fourth-order valence-corrected chi connectivity index (χ4v) is 4.67. The molecule has 0 unspecified atom stereocenters. The highest BCUT2D eigenvalue weighted by Gasteiger charge is 2.45. The monoisotopic (exact) mass is 331 g/mol. The van der Waals surface area contributed by atoms with Crippen molar-refractivity contribution in [2.45, 2.75) is 63.3 Å². The summed E-state index contributed by atoms with van der Waals surface area (Å²) in [5.41, 5.74) is 1.50. The van der Waals surface area contributed by atoms with E-state index in [2.05, 4.69) is 52.1 Å². The number of aryl methyl sites for hydroxylation is 1. The Kier molecular flexibility index (Phi) is 3.61. The van der Waals surface area contributed by atoms with Gasteiger partial charge in [0.1, 0.15) is 11.6 Å². The molecule has 1 fully saturated rings. The van der Waals surface area contributed by atoms with Gasteiger partial charge in [-0.3, -0.25) is 0 Å². The Balaban J connectivity index is 1.62. The molecular weight excluding hydrogens is 306 g/mol. The smallest absolute Gasteiger partial charge is 0.143 e. The maximum atomic E-state index is 4.74. The van der Waals surface area contributed by atoms with Crippen LogP contribution in [0.5, 0.6) is 0 Å². The minimum absolute atomic E-state index is 0.0779. The molecule has 2 heterocycles. The Labute approximate surface area is 149 Å². The van der Waals surface area contributed by atoms with Gasteiger partial charge < -0.3 is 4.57 Å². The highest BCUT2D eigenvalue weighted by atomic mass is 15.3. The second-order valence-electron chi connectivity index (χ2n) is 7.75. The molecule has 0 radical (unpaired) electrons. The summed E-state index contributed by atoms with van der Waals surface area (Å²) < 4.78 is 2.47. The molecule has 3 nitrogen and oxygen atoms in total. The molecule has 2 aromatic carbocycles. The molecule has 1 aliphatic carbocycles. The van der Waals surface area contributed by atoms with Crippen LogP contribution in [0.4, 0.5) is 0 Å². The lowest BCUT2D eigenvalue weighted by Gasteiger charge is -2.42. The topological polar surface area (TPSA) is 30.7 Å². The van der Waals surface area contributed by atoms with E-state index in [0.717, 1.165) is 13.0 Å². The SMILES string of the molecule is c1ccc2cc(C3(c4nnc5n4CCCCCC5)CCC3)ccc2c1. The summed E-state index contributed by atoms with van der Waals surface area (Å²) in [4.78, 5) is 0. The van der Waals surface area contributed by atoms with Gasteiger partial charge in [-0.2, -0.15) is 0 Å². The Morgan fingerprint density at radius 1 is 0.800 bits per heavy atom. The lowest BCUT2D eigenvalue weighted by atomic mass is 9.63. The van der Waals surface area contributed by atoms with Gasteiger partial charge in [-0.15, -0.1) is 10.2 Å². The molecule has 0 spiro atoms. The first-order valence-corrected chi connectivity index (χ1v) is 9.79. The van der Waals surface area contributed by atoms with Crippen molar-refractivity contribution >= 4 is 10.8 Å². The third-order valence-corrected chi connectivity index (χ3v) is 6.30. The molecule has 3 aromatic rings. The van der Waals surface area contributed by atoms with Crippen molar-refractivity contribution in [1.82, 2.24) is 14.8 Å². The van der Waals surface area contributed by atoms with Crippen molar-refractivity contribution in [3.8, 4) is 0 Å². The third kappa shape index (κ3) is 2.40. The van der Waals surface area contributed by atoms with Crippen LogP contribution in [0.15, 0.2) is 42.5 Å². The van der Waals surface area contributed by atoms with Crippen LogP contribution in [0.25, 0.3) is 10.8 Å². The van der Waals surface area contributed by atoms with E-state index in [1.165, 1.54) is 72.9 Å². The number of fused-ring (bicyclic) bond motifs is 2. The molecule has 0 N–H and O–H groups in total. The average molecular weight is 331 g/mol. The molecule has 25 heavy (non-hydrogen) atoms. The Morgan fingerprint density at radius 3 is 2.48 bits per heavy atom.